The standard InChI is InChI=1S/C28H42N6O3/c35-26-20-8-9-22(30-10-5-15-33-16-11-29-19-33)27-25(20)34(23-6-1-2-7-24(23)37-27)18-21(26)28(36)31-12-17-32-13-3-4-14-32/h11,16,18-20,22-25,27,30H,1-10,12-15,17H2,(H,31,36). The summed E-state index contributed by atoms with van der Waals surface area (Å²) in [5.74, 6) is -0.347. The van der Waals surface area contributed by atoms with Gasteiger partial charge < -0.3 is 29.7 Å². The van der Waals surface area contributed by atoms with E-state index >= 15 is 0 Å². The summed E-state index contributed by atoms with van der Waals surface area (Å²) < 4.78 is 8.91. The molecule has 5 aliphatic rings. The van der Waals surface area contributed by atoms with Crippen molar-refractivity contribution in [1.82, 2.24) is 30.0 Å². The SMILES string of the molecule is O=C(NCCN1CCCC1)C1=CN2C3CCCCC3OC3C(NCCCn4ccnc4)CCC(C1=O)C32. The molecular formula is C28H42N6O3. The highest BCUT2D eigenvalue weighted by Crippen LogP contribution is 2.44. The van der Waals surface area contributed by atoms with Gasteiger partial charge in [-0.3, -0.25) is 9.59 Å². The monoisotopic (exact) mass is 510 g/mol. The maximum absolute atomic E-state index is 13.7. The van der Waals surface area contributed by atoms with Gasteiger partial charge in [0.25, 0.3) is 5.91 Å². The molecule has 4 heterocycles. The fourth-order valence-electron chi connectivity index (χ4n) is 7.38. The number of imidazole rings is 1. The average molecular weight is 511 g/mol. The maximum atomic E-state index is 13.7. The van der Waals surface area contributed by atoms with Crippen LogP contribution in [0.15, 0.2) is 30.5 Å². The van der Waals surface area contributed by atoms with E-state index < -0.39 is 0 Å². The molecule has 4 fully saturated rings. The van der Waals surface area contributed by atoms with Gasteiger partial charge in [-0.1, -0.05) is 12.8 Å². The third-order valence-electron chi connectivity index (χ3n) is 9.26. The number of Topliss-reactive ketones (excluding diaryl/α,β-unsaturated/α-hetero) is 1. The molecule has 202 valence electrons. The number of nitrogens with one attached hydrogen (secondary N) is 2. The molecule has 0 aromatic carbocycles. The first-order chi connectivity index (χ1) is 18.2. The lowest BCUT2D eigenvalue weighted by molar-refractivity contribution is -0.188. The lowest BCUT2D eigenvalue weighted by atomic mass is 9.70. The van der Waals surface area contributed by atoms with E-state index in [1.807, 2.05) is 24.9 Å². The summed E-state index contributed by atoms with van der Waals surface area (Å²) in [6.07, 6.45) is 17.4. The second-order valence-corrected chi connectivity index (χ2v) is 11.5. The van der Waals surface area contributed by atoms with Crippen molar-refractivity contribution in [1.29, 1.82) is 0 Å². The summed E-state index contributed by atoms with van der Waals surface area (Å²) in [6.45, 7) is 5.52. The smallest absolute Gasteiger partial charge is 0.256 e. The van der Waals surface area contributed by atoms with E-state index in [0.717, 1.165) is 64.8 Å². The quantitative estimate of drug-likeness (QED) is 0.386. The number of carbonyl (C=O) groups is 2. The summed E-state index contributed by atoms with van der Waals surface area (Å²) >= 11 is 0. The molecule has 0 bridgehead atoms. The maximum Gasteiger partial charge on any atom is 0.256 e. The highest BCUT2D eigenvalue weighted by molar-refractivity contribution is 6.20. The minimum Gasteiger partial charge on any atom is -0.369 e. The fourth-order valence-corrected chi connectivity index (χ4v) is 7.38. The first kappa shape index (κ1) is 25.1. The lowest BCUT2D eigenvalue weighted by Gasteiger charge is -2.58. The number of aromatic nitrogens is 2. The largest absolute Gasteiger partial charge is 0.369 e. The molecule has 9 heteroatoms. The predicted molar refractivity (Wildman–Crippen MR) is 140 cm³/mol. The lowest BCUT2D eigenvalue weighted by Crippen LogP contribution is -2.70. The van der Waals surface area contributed by atoms with E-state index in [0.29, 0.717) is 12.1 Å². The van der Waals surface area contributed by atoms with Crippen molar-refractivity contribution in [3.8, 4) is 0 Å². The number of morpholine rings is 1. The molecule has 6 rings (SSSR count). The Labute approximate surface area is 220 Å². The normalized spacial score (nSPS) is 33.6. The van der Waals surface area contributed by atoms with Crippen LogP contribution in [0.1, 0.15) is 57.8 Å². The number of ether oxygens (including phenoxy) is 1. The molecule has 3 aliphatic heterocycles. The van der Waals surface area contributed by atoms with E-state index in [1.165, 1.54) is 25.7 Å². The highest BCUT2D eigenvalue weighted by atomic mass is 16.5. The highest BCUT2D eigenvalue weighted by Gasteiger charge is 2.55. The summed E-state index contributed by atoms with van der Waals surface area (Å²) in [4.78, 5) is 35.8. The predicted octanol–water partition coefficient (Wildman–Crippen LogP) is 1.70. The number of hydrogen-bond acceptors (Lipinski definition) is 7. The second kappa shape index (κ2) is 11.3. The minimum atomic E-state index is -0.196. The number of hydrogen-bond donors (Lipinski definition) is 2. The Balaban J connectivity index is 1.15. The van der Waals surface area contributed by atoms with E-state index in [1.54, 1.807) is 0 Å². The molecule has 6 atom stereocenters. The molecular weight excluding hydrogens is 468 g/mol. The van der Waals surface area contributed by atoms with Gasteiger partial charge in [0.05, 0.1) is 36.2 Å². The second-order valence-electron chi connectivity index (χ2n) is 11.5. The molecule has 1 aromatic rings. The van der Waals surface area contributed by atoms with Gasteiger partial charge in [-0.15, -0.1) is 0 Å². The van der Waals surface area contributed by atoms with Crippen LogP contribution in [0.4, 0.5) is 0 Å². The van der Waals surface area contributed by atoms with E-state index in [2.05, 4.69) is 30.0 Å². The first-order valence-electron chi connectivity index (χ1n) is 14.6. The number of rotatable bonds is 9. The van der Waals surface area contributed by atoms with Crippen LogP contribution in [0, 0.1) is 5.92 Å². The average Bonchev–Trinajstić information content (AvgIpc) is 3.63. The molecule has 0 radical (unpaired) electrons. The fraction of sp³-hybridized carbons (Fsp3) is 0.750. The van der Waals surface area contributed by atoms with Crippen molar-refractivity contribution in [2.75, 3.05) is 32.7 Å². The van der Waals surface area contributed by atoms with Crippen molar-refractivity contribution < 1.29 is 14.3 Å². The first-order valence-corrected chi connectivity index (χ1v) is 14.6. The van der Waals surface area contributed by atoms with Gasteiger partial charge in [-0.2, -0.15) is 0 Å². The Hall–Kier alpha value is -2.23. The van der Waals surface area contributed by atoms with Crippen LogP contribution in [0.25, 0.3) is 0 Å². The molecule has 2 N–H and O–H groups in total. The van der Waals surface area contributed by atoms with Crippen LogP contribution in [0.2, 0.25) is 0 Å². The van der Waals surface area contributed by atoms with Crippen LogP contribution in [-0.2, 0) is 20.9 Å². The molecule has 37 heavy (non-hydrogen) atoms. The van der Waals surface area contributed by atoms with Crippen molar-refractivity contribution in [2.24, 2.45) is 5.92 Å². The zero-order chi connectivity index (χ0) is 25.2. The number of ketones is 1. The third kappa shape index (κ3) is 5.22. The Bertz CT molecular complexity index is 975. The van der Waals surface area contributed by atoms with E-state index in [-0.39, 0.29) is 47.9 Å². The van der Waals surface area contributed by atoms with Crippen LogP contribution in [0.5, 0.6) is 0 Å². The van der Waals surface area contributed by atoms with Gasteiger partial charge in [0.1, 0.15) is 0 Å². The van der Waals surface area contributed by atoms with Crippen molar-refractivity contribution in [2.45, 2.75) is 94.7 Å². The third-order valence-corrected chi connectivity index (χ3v) is 9.26. The summed E-state index contributed by atoms with van der Waals surface area (Å²) in [7, 11) is 0. The minimum absolute atomic E-state index is 0.0151. The zero-order valence-electron chi connectivity index (χ0n) is 21.9. The van der Waals surface area contributed by atoms with Gasteiger partial charge in [0.2, 0.25) is 0 Å². The number of fused-ring (bicyclic) bond motifs is 2. The summed E-state index contributed by atoms with van der Waals surface area (Å²) in [5, 5.41) is 6.83. The number of aryl methyl sites for hydroxylation is 1. The van der Waals surface area contributed by atoms with Gasteiger partial charge in [-0.05, 0) is 64.6 Å². The number of carbonyl (C=O) groups excluding carboxylic acids is 2. The molecule has 9 nitrogen and oxygen atoms in total. The van der Waals surface area contributed by atoms with E-state index in [9.17, 15) is 9.59 Å². The Kier molecular flexibility index (Phi) is 7.62. The van der Waals surface area contributed by atoms with E-state index in [4.69, 9.17) is 4.74 Å². The molecule has 1 aromatic heterocycles. The zero-order valence-corrected chi connectivity index (χ0v) is 21.9. The topological polar surface area (TPSA) is 91.7 Å². The Morgan fingerprint density at radius 2 is 1.92 bits per heavy atom. The van der Waals surface area contributed by atoms with Gasteiger partial charge >= 0.3 is 0 Å². The molecule has 1 amide bonds. The number of likely N-dealkylation sites (tertiary alicyclic amines) is 1. The van der Waals surface area contributed by atoms with Gasteiger partial charge in [0, 0.05) is 50.2 Å². The summed E-state index contributed by atoms with van der Waals surface area (Å²) in [5.41, 5.74) is 0.361. The Morgan fingerprint density at radius 1 is 1.05 bits per heavy atom. The van der Waals surface area contributed by atoms with Crippen LogP contribution in [0.3, 0.4) is 0 Å². The molecule has 2 saturated heterocycles. The molecule has 2 saturated carbocycles. The van der Waals surface area contributed by atoms with Gasteiger partial charge in [-0.25, -0.2) is 4.98 Å². The van der Waals surface area contributed by atoms with Crippen molar-refractivity contribution in [3.63, 3.8) is 0 Å². The summed E-state index contributed by atoms with van der Waals surface area (Å²) in [6, 6.07) is 0.511. The van der Waals surface area contributed by atoms with Crippen LogP contribution >= 0.6 is 0 Å². The molecule has 6 unspecified atom stereocenters. The van der Waals surface area contributed by atoms with Gasteiger partial charge in [0.15, 0.2) is 5.78 Å². The van der Waals surface area contributed by atoms with Crippen LogP contribution in [-0.4, -0.2) is 94.1 Å². The molecule has 2 aliphatic carbocycles. The van der Waals surface area contributed by atoms with Crippen LogP contribution < -0.4 is 10.6 Å². The molecule has 0 spiro atoms. The van der Waals surface area contributed by atoms with Crippen molar-refractivity contribution >= 4 is 11.7 Å². The number of nitrogens with zero attached hydrogens (tertiary/aromatic N) is 4. The Morgan fingerprint density at radius 3 is 2.76 bits per heavy atom. The number of amides is 1. The van der Waals surface area contributed by atoms with Crippen molar-refractivity contribution in [3.05, 3.63) is 30.5 Å².